The lowest BCUT2D eigenvalue weighted by Gasteiger charge is -2.29. The Labute approximate surface area is 163 Å². The standard InChI is InChI=1S/C24H30F2Si/c25-27(26,23-17-9-7-15-21(23)19-11-3-1-4-12-19)24-18-10-8-16-22(24)20-13-5-2-6-14-20/h7-10,15-20H,1-6,11-14H2. The Kier molecular flexibility index (Phi) is 5.77. The Morgan fingerprint density at radius 1 is 0.556 bits per heavy atom. The van der Waals surface area contributed by atoms with E-state index in [-0.39, 0.29) is 0 Å². The minimum Gasteiger partial charge on any atom is -0.259 e. The zero-order chi connectivity index (χ0) is 18.7. The maximum atomic E-state index is 16.1. The number of rotatable bonds is 4. The van der Waals surface area contributed by atoms with Crippen LogP contribution < -0.4 is 10.4 Å². The lowest BCUT2D eigenvalue weighted by molar-refractivity contribution is 0.443. The van der Waals surface area contributed by atoms with Crippen molar-refractivity contribution in [2.75, 3.05) is 0 Å². The van der Waals surface area contributed by atoms with Gasteiger partial charge in [-0.25, -0.2) is 0 Å². The maximum absolute atomic E-state index is 16.1. The smallest absolute Gasteiger partial charge is 0.259 e. The van der Waals surface area contributed by atoms with E-state index in [0.29, 0.717) is 22.2 Å². The monoisotopic (exact) mass is 384 g/mol. The third kappa shape index (κ3) is 3.89. The average Bonchev–Trinajstić information content (AvgIpc) is 2.75. The van der Waals surface area contributed by atoms with Crippen molar-refractivity contribution in [2.45, 2.75) is 76.0 Å². The Morgan fingerprint density at radius 2 is 0.926 bits per heavy atom. The van der Waals surface area contributed by atoms with Crippen molar-refractivity contribution in [2.24, 2.45) is 0 Å². The first-order valence-corrected chi connectivity index (χ1v) is 12.5. The molecule has 3 heteroatoms. The molecule has 0 bridgehead atoms. The SMILES string of the molecule is F[Si](F)(c1ccccc1C1CCCCC1)c1ccccc1C1CCCCC1. The molecular formula is C24H30F2Si. The Bertz CT molecular complexity index is 695. The van der Waals surface area contributed by atoms with E-state index in [4.69, 9.17) is 0 Å². The molecule has 0 saturated heterocycles. The Balaban J connectivity index is 1.74. The van der Waals surface area contributed by atoms with Crippen LogP contribution in [0.15, 0.2) is 48.5 Å². The quantitative estimate of drug-likeness (QED) is 0.430. The van der Waals surface area contributed by atoms with E-state index in [1.54, 1.807) is 12.1 Å². The summed E-state index contributed by atoms with van der Waals surface area (Å²) in [6.07, 6.45) is 11.4. The lowest BCUT2D eigenvalue weighted by atomic mass is 9.84. The first-order chi connectivity index (χ1) is 13.2. The minimum atomic E-state index is -4.71. The van der Waals surface area contributed by atoms with Crippen molar-refractivity contribution < 1.29 is 8.22 Å². The summed E-state index contributed by atoms with van der Waals surface area (Å²) in [7, 11) is -4.71. The van der Waals surface area contributed by atoms with E-state index in [1.807, 2.05) is 36.4 Å². The number of benzene rings is 2. The van der Waals surface area contributed by atoms with Gasteiger partial charge in [-0.05, 0) is 48.6 Å². The van der Waals surface area contributed by atoms with Gasteiger partial charge in [-0.1, -0.05) is 87.1 Å². The van der Waals surface area contributed by atoms with Crippen LogP contribution in [0.3, 0.4) is 0 Å². The first kappa shape index (κ1) is 18.9. The van der Waals surface area contributed by atoms with Crippen LogP contribution in [0.25, 0.3) is 0 Å². The normalized spacial score (nSPS) is 19.9. The summed E-state index contributed by atoms with van der Waals surface area (Å²) in [5, 5.41) is 0.750. The van der Waals surface area contributed by atoms with Crippen LogP contribution in [0.5, 0.6) is 0 Å². The van der Waals surface area contributed by atoms with Crippen molar-refractivity contribution >= 4 is 19.1 Å². The molecule has 0 aliphatic heterocycles. The molecule has 2 aliphatic rings. The highest BCUT2D eigenvalue weighted by Crippen LogP contribution is 2.35. The summed E-state index contributed by atoms with van der Waals surface area (Å²) in [5.41, 5.74) is 1.87. The minimum absolute atomic E-state index is 0.315. The molecule has 0 amide bonds. The van der Waals surface area contributed by atoms with Gasteiger partial charge in [-0.15, -0.1) is 0 Å². The molecule has 4 rings (SSSR count). The molecule has 2 aromatic carbocycles. The van der Waals surface area contributed by atoms with Gasteiger partial charge in [0.1, 0.15) is 0 Å². The highest BCUT2D eigenvalue weighted by Gasteiger charge is 2.45. The summed E-state index contributed by atoms with van der Waals surface area (Å²) < 4.78 is 32.1. The van der Waals surface area contributed by atoms with Crippen LogP contribution in [0.1, 0.15) is 87.2 Å². The van der Waals surface area contributed by atoms with Gasteiger partial charge >= 0.3 is 8.74 Å². The summed E-state index contributed by atoms with van der Waals surface area (Å²) in [6.45, 7) is 0. The van der Waals surface area contributed by atoms with Gasteiger partial charge in [0.15, 0.2) is 0 Å². The number of halogens is 2. The predicted molar refractivity (Wildman–Crippen MR) is 112 cm³/mol. The molecule has 0 atom stereocenters. The second-order valence-corrected chi connectivity index (χ2v) is 10.6. The van der Waals surface area contributed by atoms with Crippen molar-refractivity contribution in [1.82, 2.24) is 0 Å². The van der Waals surface area contributed by atoms with E-state index in [1.165, 1.54) is 38.5 Å². The predicted octanol–water partition coefficient (Wildman–Crippen LogP) is 6.28. The largest absolute Gasteiger partial charge is 0.488 e. The molecule has 0 heterocycles. The highest BCUT2D eigenvalue weighted by atomic mass is 28.4. The zero-order valence-electron chi connectivity index (χ0n) is 16.1. The topological polar surface area (TPSA) is 0 Å². The van der Waals surface area contributed by atoms with Crippen LogP contribution in [-0.4, -0.2) is 8.74 Å². The lowest BCUT2D eigenvalue weighted by Crippen LogP contribution is -2.54. The van der Waals surface area contributed by atoms with Gasteiger partial charge in [0, 0.05) is 10.4 Å². The molecular weight excluding hydrogens is 354 g/mol. The fraction of sp³-hybridized carbons (Fsp3) is 0.500. The fourth-order valence-corrected chi connectivity index (χ4v) is 7.45. The van der Waals surface area contributed by atoms with Gasteiger partial charge in [0.2, 0.25) is 0 Å². The molecule has 2 saturated carbocycles. The van der Waals surface area contributed by atoms with Crippen LogP contribution in [0.2, 0.25) is 0 Å². The van der Waals surface area contributed by atoms with Gasteiger partial charge in [-0.3, -0.25) is 8.22 Å². The van der Waals surface area contributed by atoms with E-state index >= 15 is 8.22 Å². The van der Waals surface area contributed by atoms with E-state index in [9.17, 15) is 0 Å². The summed E-state index contributed by atoms with van der Waals surface area (Å²) >= 11 is 0. The molecule has 0 spiro atoms. The van der Waals surface area contributed by atoms with Crippen LogP contribution in [-0.2, 0) is 0 Å². The fourth-order valence-electron chi connectivity index (χ4n) is 5.25. The molecule has 2 fully saturated rings. The zero-order valence-corrected chi connectivity index (χ0v) is 17.1. The van der Waals surface area contributed by atoms with Gasteiger partial charge in [0.25, 0.3) is 0 Å². The average molecular weight is 385 g/mol. The molecule has 0 N–H and O–H groups in total. The summed E-state index contributed by atoms with van der Waals surface area (Å²) in [6, 6.07) is 14.9. The van der Waals surface area contributed by atoms with Crippen molar-refractivity contribution in [1.29, 1.82) is 0 Å². The van der Waals surface area contributed by atoms with Crippen LogP contribution in [0.4, 0.5) is 8.22 Å². The summed E-state index contributed by atoms with van der Waals surface area (Å²) in [5.74, 6) is 0.630. The Morgan fingerprint density at radius 3 is 1.33 bits per heavy atom. The second kappa shape index (κ2) is 8.26. The third-order valence-corrected chi connectivity index (χ3v) is 8.95. The molecule has 0 unspecified atom stereocenters. The third-order valence-electron chi connectivity index (χ3n) is 6.69. The molecule has 144 valence electrons. The number of hydrogen-bond acceptors (Lipinski definition) is 0. The number of hydrogen-bond donors (Lipinski definition) is 0. The maximum Gasteiger partial charge on any atom is 0.488 e. The van der Waals surface area contributed by atoms with Crippen molar-refractivity contribution in [3.05, 3.63) is 59.7 Å². The molecule has 27 heavy (non-hydrogen) atoms. The molecule has 0 radical (unpaired) electrons. The highest BCUT2D eigenvalue weighted by molar-refractivity contribution is 6.92. The molecule has 0 aromatic heterocycles. The van der Waals surface area contributed by atoms with Gasteiger partial charge in [0.05, 0.1) is 0 Å². The van der Waals surface area contributed by atoms with E-state index in [2.05, 4.69) is 0 Å². The molecule has 0 nitrogen and oxygen atoms in total. The van der Waals surface area contributed by atoms with Gasteiger partial charge < -0.3 is 0 Å². The van der Waals surface area contributed by atoms with Gasteiger partial charge in [-0.2, -0.15) is 0 Å². The Hall–Kier alpha value is -1.48. The van der Waals surface area contributed by atoms with Crippen molar-refractivity contribution in [3.63, 3.8) is 0 Å². The van der Waals surface area contributed by atoms with E-state index < -0.39 is 8.74 Å². The van der Waals surface area contributed by atoms with E-state index in [0.717, 1.165) is 36.8 Å². The second-order valence-electron chi connectivity index (χ2n) is 8.42. The van der Waals surface area contributed by atoms with Crippen molar-refractivity contribution in [3.8, 4) is 0 Å². The summed E-state index contributed by atoms with van der Waals surface area (Å²) in [4.78, 5) is 0. The molecule has 2 aliphatic carbocycles. The molecule has 2 aromatic rings. The van der Waals surface area contributed by atoms with Crippen LogP contribution >= 0.6 is 0 Å². The first-order valence-electron chi connectivity index (χ1n) is 10.7. The van der Waals surface area contributed by atoms with Crippen LogP contribution in [0, 0.1) is 0 Å².